The second-order valence-electron chi connectivity index (χ2n) is 5.78. The summed E-state index contributed by atoms with van der Waals surface area (Å²) < 4.78 is 0. The summed E-state index contributed by atoms with van der Waals surface area (Å²) in [5.74, 6) is 0.626. The molecule has 1 saturated heterocycles. The molecule has 0 aromatic heterocycles. The normalized spacial score (nSPS) is 15.8. The van der Waals surface area contributed by atoms with Crippen LogP contribution in [-0.2, 0) is 0 Å². The number of carbonyl (C=O) groups is 1. The Morgan fingerprint density at radius 2 is 1.90 bits per heavy atom. The molecular weight excluding hydrogens is 272 g/mol. The van der Waals surface area contributed by atoms with Gasteiger partial charge in [-0.25, -0.2) is 0 Å². The van der Waals surface area contributed by atoms with E-state index in [-0.39, 0.29) is 24.4 Å². The van der Waals surface area contributed by atoms with Crippen molar-refractivity contribution in [3.63, 3.8) is 0 Å². The molecule has 0 aliphatic carbocycles. The summed E-state index contributed by atoms with van der Waals surface area (Å²) in [5.41, 5.74) is 3.28. The monoisotopic (exact) mass is 296 g/mol. The lowest BCUT2D eigenvalue weighted by Crippen LogP contribution is -2.30. The zero-order valence-corrected chi connectivity index (χ0v) is 13.3. The number of piperidine rings is 1. The van der Waals surface area contributed by atoms with Gasteiger partial charge < -0.3 is 10.6 Å². The van der Waals surface area contributed by atoms with Crippen LogP contribution in [-0.4, -0.2) is 25.0 Å². The number of hydrogen-bond donors (Lipinski definition) is 2. The molecule has 112 valence electrons. The number of rotatable bonds is 3. The fraction of sp³-hybridized carbons (Fsp3) is 0.562. The van der Waals surface area contributed by atoms with Gasteiger partial charge in [0.2, 0.25) is 0 Å². The fourth-order valence-corrected chi connectivity index (χ4v) is 2.68. The van der Waals surface area contributed by atoms with Crippen LogP contribution >= 0.6 is 12.4 Å². The molecule has 1 amide bonds. The molecule has 0 unspecified atom stereocenters. The summed E-state index contributed by atoms with van der Waals surface area (Å²) in [7, 11) is 0. The standard InChI is InChI=1S/C16H24N2O.ClH/c1-11(2)18-16(19)15-9-12(3)8-14(10-15)13-4-6-17-7-5-13;/h8-11,13,17H,4-7H2,1-3H3,(H,18,19);1H. The average molecular weight is 297 g/mol. The first-order chi connectivity index (χ1) is 9.06. The van der Waals surface area contributed by atoms with Crippen LogP contribution in [0.25, 0.3) is 0 Å². The third kappa shape index (κ3) is 4.50. The number of hydrogen-bond acceptors (Lipinski definition) is 2. The number of benzene rings is 1. The van der Waals surface area contributed by atoms with Crippen molar-refractivity contribution in [1.29, 1.82) is 0 Å². The zero-order valence-electron chi connectivity index (χ0n) is 12.5. The second kappa shape index (κ2) is 7.65. The number of halogens is 1. The van der Waals surface area contributed by atoms with Crippen molar-refractivity contribution in [2.75, 3.05) is 13.1 Å². The lowest BCUT2D eigenvalue weighted by molar-refractivity contribution is 0.0943. The maximum atomic E-state index is 12.1. The molecular formula is C16H25ClN2O. The lowest BCUT2D eigenvalue weighted by Gasteiger charge is -2.24. The van der Waals surface area contributed by atoms with Crippen LogP contribution in [0, 0.1) is 6.92 Å². The number of aryl methyl sites for hydroxylation is 1. The van der Waals surface area contributed by atoms with Gasteiger partial charge in [0.25, 0.3) is 5.91 Å². The van der Waals surface area contributed by atoms with E-state index in [4.69, 9.17) is 0 Å². The van der Waals surface area contributed by atoms with Crippen LogP contribution in [0.4, 0.5) is 0 Å². The van der Waals surface area contributed by atoms with Gasteiger partial charge in [-0.3, -0.25) is 4.79 Å². The molecule has 0 radical (unpaired) electrons. The first-order valence-corrected chi connectivity index (χ1v) is 7.19. The van der Waals surface area contributed by atoms with Crippen molar-refractivity contribution in [2.24, 2.45) is 0 Å². The lowest BCUT2D eigenvalue weighted by atomic mass is 9.88. The molecule has 1 aromatic rings. The molecule has 0 spiro atoms. The molecule has 1 aliphatic rings. The minimum atomic E-state index is 0. The largest absolute Gasteiger partial charge is 0.350 e. The maximum Gasteiger partial charge on any atom is 0.251 e. The highest BCUT2D eigenvalue weighted by Gasteiger charge is 2.17. The summed E-state index contributed by atoms with van der Waals surface area (Å²) in [5, 5.41) is 6.35. The van der Waals surface area contributed by atoms with Crippen molar-refractivity contribution in [2.45, 2.75) is 45.6 Å². The quantitative estimate of drug-likeness (QED) is 0.900. The molecule has 1 aromatic carbocycles. The highest BCUT2D eigenvalue weighted by atomic mass is 35.5. The molecule has 0 bridgehead atoms. The topological polar surface area (TPSA) is 41.1 Å². The maximum absolute atomic E-state index is 12.1. The number of carbonyl (C=O) groups excluding carboxylic acids is 1. The van der Waals surface area contributed by atoms with Crippen LogP contribution in [0.5, 0.6) is 0 Å². The second-order valence-corrected chi connectivity index (χ2v) is 5.78. The van der Waals surface area contributed by atoms with Gasteiger partial charge in [0, 0.05) is 11.6 Å². The first kappa shape index (κ1) is 17.0. The van der Waals surface area contributed by atoms with E-state index in [0.29, 0.717) is 5.92 Å². The molecule has 3 nitrogen and oxygen atoms in total. The van der Waals surface area contributed by atoms with Gasteiger partial charge in [0.05, 0.1) is 0 Å². The minimum Gasteiger partial charge on any atom is -0.350 e. The van der Waals surface area contributed by atoms with Crippen molar-refractivity contribution in [3.8, 4) is 0 Å². The van der Waals surface area contributed by atoms with Gasteiger partial charge >= 0.3 is 0 Å². The molecule has 20 heavy (non-hydrogen) atoms. The Balaban J connectivity index is 0.00000200. The Bertz CT molecular complexity index is 454. The first-order valence-electron chi connectivity index (χ1n) is 7.19. The van der Waals surface area contributed by atoms with Crippen LogP contribution in [0.2, 0.25) is 0 Å². The van der Waals surface area contributed by atoms with E-state index in [1.807, 2.05) is 19.9 Å². The van der Waals surface area contributed by atoms with Gasteiger partial charge in [0.1, 0.15) is 0 Å². The van der Waals surface area contributed by atoms with E-state index in [0.717, 1.165) is 31.5 Å². The Morgan fingerprint density at radius 1 is 1.25 bits per heavy atom. The summed E-state index contributed by atoms with van der Waals surface area (Å²) in [4.78, 5) is 12.1. The van der Waals surface area contributed by atoms with E-state index in [2.05, 4.69) is 29.7 Å². The highest BCUT2D eigenvalue weighted by molar-refractivity contribution is 5.94. The summed E-state index contributed by atoms with van der Waals surface area (Å²) >= 11 is 0. The van der Waals surface area contributed by atoms with E-state index >= 15 is 0 Å². The van der Waals surface area contributed by atoms with Gasteiger partial charge in [-0.1, -0.05) is 11.6 Å². The summed E-state index contributed by atoms with van der Waals surface area (Å²) in [6, 6.07) is 6.45. The predicted octanol–water partition coefficient (Wildman–Crippen LogP) is 3.02. The van der Waals surface area contributed by atoms with Crippen molar-refractivity contribution in [3.05, 3.63) is 34.9 Å². The molecule has 2 rings (SSSR count). The number of amides is 1. The Labute approximate surface area is 127 Å². The van der Waals surface area contributed by atoms with Crippen molar-refractivity contribution < 1.29 is 4.79 Å². The third-order valence-corrected chi connectivity index (χ3v) is 3.59. The van der Waals surface area contributed by atoms with Gasteiger partial charge in [-0.2, -0.15) is 0 Å². The van der Waals surface area contributed by atoms with E-state index in [1.165, 1.54) is 11.1 Å². The van der Waals surface area contributed by atoms with E-state index in [1.54, 1.807) is 0 Å². The Kier molecular flexibility index (Phi) is 6.50. The van der Waals surface area contributed by atoms with Crippen molar-refractivity contribution >= 4 is 18.3 Å². The minimum absolute atomic E-state index is 0. The third-order valence-electron chi connectivity index (χ3n) is 3.59. The van der Waals surface area contributed by atoms with Gasteiger partial charge in [0.15, 0.2) is 0 Å². The molecule has 1 aliphatic heterocycles. The zero-order chi connectivity index (χ0) is 13.8. The molecule has 2 N–H and O–H groups in total. The van der Waals surface area contributed by atoms with Crippen LogP contribution in [0.15, 0.2) is 18.2 Å². The Hall–Kier alpha value is -1.06. The summed E-state index contributed by atoms with van der Waals surface area (Å²) in [6.07, 6.45) is 2.32. The van der Waals surface area contributed by atoms with Crippen LogP contribution in [0.3, 0.4) is 0 Å². The molecule has 1 heterocycles. The van der Waals surface area contributed by atoms with Gasteiger partial charge in [-0.05, 0) is 70.3 Å². The Morgan fingerprint density at radius 3 is 2.50 bits per heavy atom. The molecule has 4 heteroatoms. The predicted molar refractivity (Wildman–Crippen MR) is 85.9 cm³/mol. The molecule has 1 fully saturated rings. The SMILES string of the molecule is Cc1cc(C(=O)NC(C)C)cc(C2CCNCC2)c1.Cl. The molecule has 0 atom stereocenters. The van der Waals surface area contributed by atoms with Crippen LogP contribution < -0.4 is 10.6 Å². The van der Waals surface area contributed by atoms with Crippen LogP contribution in [0.1, 0.15) is 54.1 Å². The average Bonchev–Trinajstić information content (AvgIpc) is 2.38. The van der Waals surface area contributed by atoms with Crippen molar-refractivity contribution in [1.82, 2.24) is 10.6 Å². The van der Waals surface area contributed by atoms with E-state index in [9.17, 15) is 4.79 Å². The highest BCUT2D eigenvalue weighted by Crippen LogP contribution is 2.26. The summed E-state index contributed by atoms with van der Waals surface area (Å²) in [6.45, 7) is 8.19. The smallest absolute Gasteiger partial charge is 0.251 e. The molecule has 0 saturated carbocycles. The number of nitrogens with one attached hydrogen (secondary N) is 2. The van der Waals surface area contributed by atoms with Gasteiger partial charge in [-0.15, -0.1) is 12.4 Å². The fourth-order valence-electron chi connectivity index (χ4n) is 2.68. The van der Waals surface area contributed by atoms with E-state index < -0.39 is 0 Å².